The topological polar surface area (TPSA) is 84.9 Å². The predicted octanol–water partition coefficient (Wildman–Crippen LogP) is 2.28. The molecule has 2 N–H and O–H groups in total. The molecule has 0 heterocycles. The summed E-state index contributed by atoms with van der Waals surface area (Å²) in [6.45, 7) is -3.00. The number of nitrogens with one attached hydrogen (secondary N) is 1. The lowest BCUT2D eigenvalue weighted by Gasteiger charge is -2.18. The zero-order valence-electron chi connectivity index (χ0n) is 12.4. The van der Waals surface area contributed by atoms with Crippen LogP contribution in [0.2, 0.25) is 0 Å². The third-order valence-electron chi connectivity index (χ3n) is 3.79. The summed E-state index contributed by atoms with van der Waals surface area (Å²) in [7, 11) is 1.27. The Morgan fingerprint density at radius 1 is 1.30 bits per heavy atom. The summed E-state index contributed by atoms with van der Waals surface area (Å²) in [4.78, 5) is 23.3. The normalized spacial score (nSPS) is 20.3. The number of carboxylic acid groups (broad SMARTS) is 1. The average Bonchev–Trinajstić information content (AvgIpc) is 2.95. The van der Waals surface area contributed by atoms with Crippen molar-refractivity contribution in [2.45, 2.75) is 31.9 Å². The number of amides is 1. The first-order chi connectivity index (χ1) is 10.9. The lowest BCUT2D eigenvalue weighted by Crippen LogP contribution is -2.40. The highest BCUT2D eigenvalue weighted by Crippen LogP contribution is 2.30. The van der Waals surface area contributed by atoms with Crippen LogP contribution in [0.4, 0.5) is 8.78 Å². The van der Waals surface area contributed by atoms with Crippen LogP contribution in [0.5, 0.6) is 11.5 Å². The Bertz CT molecular complexity index is 593. The van der Waals surface area contributed by atoms with Gasteiger partial charge in [0.15, 0.2) is 11.5 Å². The number of alkyl halides is 2. The van der Waals surface area contributed by atoms with Gasteiger partial charge in [0.25, 0.3) is 5.91 Å². The van der Waals surface area contributed by atoms with E-state index in [1.54, 1.807) is 0 Å². The maximum absolute atomic E-state index is 12.3. The molecule has 2 rings (SSSR count). The predicted molar refractivity (Wildman–Crippen MR) is 75.9 cm³/mol. The Kier molecular flexibility index (Phi) is 5.36. The van der Waals surface area contributed by atoms with Crippen molar-refractivity contribution < 1.29 is 33.0 Å². The molecule has 0 aliphatic heterocycles. The van der Waals surface area contributed by atoms with E-state index in [4.69, 9.17) is 9.84 Å². The molecule has 0 aromatic heterocycles. The van der Waals surface area contributed by atoms with E-state index in [9.17, 15) is 18.4 Å². The highest BCUT2D eigenvalue weighted by Gasteiger charge is 2.34. The number of benzene rings is 1. The number of hydrogen-bond donors (Lipinski definition) is 2. The van der Waals surface area contributed by atoms with Gasteiger partial charge in [-0.1, -0.05) is 6.42 Å². The molecule has 126 valence electrons. The maximum Gasteiger partial charge on any atom is 0.387 e. The van der Waals surface area contributed by atoms with Crippen LogP contribution in [0.15, 0.2) is 18.2 Å². The summed E-state index contributed by atoms with van der Waals surface area (Å²) in [5.74, 6) is -2.21. The monoisotopic (exact) mass is 329 g/mol. The summed E-state index contributed by atoms with van der Waals surface area (Å²) >= 11 is 0. The number of ether oxygens (including phenoxy) is 2. The van der Waals surface area contributed by atoms with Crippen LogP contribution >= 0.6 is 0 Å². The molecule has 0 radical (unpaired) electrons. The molecule has 1 fully saturated rings. The van der Waals surface area contributed by atoms with Gasteiger partial charge in [-0.2, -0.15) is 8.78 Å². The van der Waals surface area contributed by atoms with Gasteiger partial charge in [0.05, 0.1) is 13.0 Å². The fourth-order valence-corrected chi connectivity index (χ4v) is 2.68. The Labute approximate surface area is 131 Å². The van der Waals surface area contributed by atoms with Gasteiger partial charge in [-0.3, -0.25) is 9.59 Å². The minimum atomic E-state index is -3.00. The lowest BCUT2D eigenvalue weighted by atomic mass is 10.0. The van der Waals surface area contributed by atoms with Crippen LogP contribution in [0.25, 0.3) is 0 Å². The van der Waals surface area contributed by atoms with Crippen molar-refractivity contribution in [2.75, 3.05) is 7.11 Å². The smallest absolute Gasteiger partial charge is 0.387 e. The number of hydrogen-bond acceptors (Lipinski definition) is 4. The minimum absolute atomic E-state index is 0.000781. The van der Waals surface area contributed by atoms with Gasteiger partial charge in [-0.15, -0.1) is 0 Å². The highest BCUT2D eigenvalue weighted by atomic mass is 19.3. The zero-order valence-corrected chi connectivity index (χ0v) is 12.4. The Hall–Kier alpha value is -2.38. The number of methoxy groups -OCH3 is 1. The van der Waals surface area contributed by atoms with Crippen LogP contribution < -0.4 is 14.8 Å². The third kappa shape index (κ3) is 4.08. The van der Waals surface area contributed by atoms with Crippen molar-refractivity contribution in [1.29, 1.82) is 0 Å². The summed E-state index contributed by atoms with van der Waals surface area (Å²) in [5, 5.41) is 11.8. The number of carboxylic acids is 1. The second kappa shape index (κ2) is 7.26. The molecule has 1 aliphatic carbocycles. The highest BCUT2D eigenvalue weighted by molar-refractivity contribution is 5.95. The molecule has 1 aromatic rings. The average molecular weight is 329 g/mol. The molecule has 1 saturated carbocycles. The van der Waals surface area contributed by atoms with E-state index in [2.05, 4.69) is 10.1 Å². The van der Waals surface area contributed by atoms with Crippen molar-refractivity contribution in [1.82, 2.24) is 5.32 Å². The quantitative estimate of drug-likeness (QED) is 0.836. The van der Waals surface area contributed by atoms with Gasteiger partial charge in [-0.05, 0) is 31.0 Å². The van der Waals surface area contributed by atoms with Gasteiger partial charge in [0.2, 0.25) is 0 Å². The molecule has 1 amide bonds. The van der Waals surface area contributed by atoms with Gasteiger partial charge in [-0.25, -0.2) is 0 Å². The molecular formula is C15H17F2NO5. The summed E-state index contributed by atoms with van der Waals surface area (Å²) < 4.78 is 33.8. The summed E-state index contributed by atoms with van der Waals surface area (Å²) in [6, 6.07) is 3.37. The molecule has 2 atom stereocenters. The van der Waals surface area contributed by atoms with E-state index in [0.717, 1.165) is 6.42 Å². The first-order valence-electron chi connectivity index (χ1n) is 7.09. The van der Waals surface area contributed by atoms with Gasteiger partial charge in [0.1, 0.15) is 0 Å². The van der Waals surface area contributed by atoms with Gasteiger partial charge >= 0.3 is 12.6 Å². The Morgan fingerprint density at radius 3 is 2.65 bits per heavy atom. The van der Waals surface area contributed by atoms with Crippen molar-refractivity contribution >= 4 is 11.9 Å². The molecule has 0 spiro atoms. The fraction of sp³-hybridized carbons (Fsp3) is 0.467. The first-order valence-corrected chi connectivity index (χ1v) is 7.09. The number of carbonyl (C=O) groups is 2. The molecule has 0 bridgehead atoms. The molecule has 6 nitrogen and oxygen atoms in total. The zero-order chi connectivity index (χ0) is 17.0. The van der Waals surface area contributed by atoms with Crippen LogP contribution in [0.3, 0.4) is 0 Å². The summed E-state index contributed by atoms with van der Waals surface area (Å²) in [5.41, 5.74) is 0.180. The van der Waals surface area contributed by atoms with E-state index >= 15 is 0 Å². The number of rotatable bonds is 6. The minimum Gasteiger partial charge on any atom is -0.493 e. The van der Waals surface area contributed by atoms with Crippen LogP contribution in [-0.4, -0.2) is 36.7 Å². The van der Waals surface area contributed by atoms with E-state index in [-0.39, 0.29) is 17.1 Å². The second-order valence-corrected chi connectivity index (χ2v) is 5.20. The van der Waals surface area contributed by atoms with Crippen LogP contribution in [0.1, 0.15) is 29.6 Å². The van der Waals surface area contributed by atoms with Crippen LogP contribution in [0, 0.1) is 5.92 Å². The van der Waals surface area contributed by atoms with E-state index in [0.29, 0.717) is 12.8 Å². The Morgan fingerprint density at radius 2 is 2.04 bits per heavy atom. The SMILES string of the molecule is COc1cc(C(=O)N[C@@H]2CCC[C@@H]2C(=O)O)ccc1OC(F)F. The standard InChI is InChI=1S/C15H17F2NO5/c1-22-12-7-8(5-6-11(12)23-15(16)17)13(19)18-10-4-2-3-9(10)14(20)21/h5-7,9-10,15H,2-4H2,1H3,(H,18,19)(H,20,21)/t9-,10+/m0/s1. The molecule has 1 aliphatic rings. The number of aliphatic carboxylic acids is 1. The van der Waals surface area contributed by atoms with E-state index in [1.807, 2.05) is 0 Å². The molecular weight excluding hydrogens is 312 g/mol. The molecule has 0 saturated heterocycles. The van der Waals surface area contributed by atoms with Crippen molar-refractivity contribution in [3.05, 3.63) is 23.8 Å². The maximum atomic E-state index is 12.3. The first kappa shape index (κ1) is 17.0. The number of carbonyl (C=O) groups excluding carboxylic acids is 1. The fourth-order valence-electron chi connectivity index (χ4n) is 2.68. The lowest BCUT2D eigenvalue weighted by molar-refractivity contribution is -0.142. The van der Waals surface area contributed by atoms with E-state index < -0.39 is 30.4 Å². The van der Waals surface area contributed by atoms with Crippen molar-refractivity contribution in [3.63, 3.8) is 0 Å². The van der Waals surface area contributed by atoms with Gasteiger partial charge < -0.3 is 19.9 Å². The third-order valence-corrected chi connectivity index (χ3v) is 3.79. The van der Waals surface area contributed by atoms with Crippen molar-refractivity contribution in [2.24, 2.45) is 5.92 Å². The number of halogens is 2. The second-order valence-electron chi connectivity index (χ2n) is 5.20. The van der Waals surface area contributed by atoms with Gasteiger partial charge in [0, 0.05) is 11.6 Å². The molecule has 1 aromatic carbocycles. The van der Waals surface area contributed by atoms with E-state index in [1.165, 1.54) is 25.3 Å². The van der Waals surface area contributed by atoms with Crippen molar-refractivity contribution in [3.8, 4) is 11.5 Å². The molecule has 23 heavy (non-hydrogen) atoms. The summed E-state index contributed by atoms with van der Waals surface area (Å²) in [6.07, 6.45) is 1.84. The largest absolute Gasteiger partial charge is 0.493 e. The molecule has 8 heteroatoms. The molecule has 0 unspecified atom stereocenters. The Balaban J connectivity index is 2.11. The van der Waals surface area contributed by atoms with Crippen LogP contribution in [-0.2, 0) is 4.79 Å².